The molecule has 0 heterocycles. The van der Waals surface area contributed by atoms with Crippen molar-refractivity contribution in [3.8, 4) is 0 Å². The maximum Gasteiger partial charge on any atom is 0.516 e. The van der Waals surface area contributed by atoms with E-state index in [1.54, 1.807) is 11.8 Å². The van der Waals surface area contributed by atoms with Crippen molar-refractivity contribution < 1.29 is 26.4 Å². The number of amides is 1. The van der Waals surface area contributed by atoms with Gasteiger partial charge >= 0.3 is 15.5 Å². The SMILES string of the molecule is CN(C(=O)CCCCCCCC/C=C/SC(C)(C)C)S(=O)(=O)C(F)(F)F. The third-order valence-corrected chi connectivity index (χ3v) is 6.08. The predicted octanol–water partition coefficient (Wildman–Crippen LogP) is 5.46. The number of carbonyl (C=O) groups excluding carboxylic acids is 1. The van der Waals surface area contributed by atoms with Crippen LogP contribution in [0.5, 0.6) is 0 Å². The lowest BCUT2D eigenvalue weighted by atomic mass is 10.1. The summed E-state index contributed by atoms with van der Waals surface area (Å²) in [6.45, 7) is 6.47. The fraction of sp³-hybridized carbons (Fsp3) is 0.824. The van der Waals surface area contributed by atoms with Crippen molar-refractivity contribution in [3.63, 3.8) is 0 Å². The molecule has 0 aromatic carbocycles. The van der Waals surface area contributed by atoms with E-state index < -0.39 is 21.4 Å². The van der Waals surface area contributed by atoms with Crippen molar-refractivity contribution in [2.45, 2.75) is 82.4 Å². The molecule has 0 N–H and O–H groups in total. The van der Waals surface area contributed by atoms with Gasteiger partial charge in [0.05, 0.1) is 0 Å². The van der Waals surface area contributed by atoms with Crippen molar-refractivity contribution in [1.82, 2.24) is 4.31 Å². The van der Waals surface area contributed by atoms with E-state index in [9.17, 15) is 26.4 Å². The van der Waals surface area contributed by atoms with Crippen LogP contribution in [0.25, 0.3) is 0 Å². The maximum atomic E-state index is 12.4. The van der Waals surface area contributed by atoms with E-state index >= 15 is 0 Å². The molecule has 0 rings (SSSR count). The summed E-state index contributed by atoms with van der Waals surface area (Å²) < 4.78 is 59.3. The van der Waals surface area contributed by atoms with Crippen LogP contribution < -0.4 is 0 Å². The molecule has 0 spiro atoms. The Balaban J connectivity index is 3.81. The molecule has 0 fully saturated rings. The highest BCUT2D eigenvalue weighted by Gasteiger charge is 2.50. The predicted molar refractivity (Wildman–Crippen MR) is 101 cm³/mol. The summed E-state index contributed by atoms with van der Waals surface area (Å²) in [5, 5.41) is 2.12. The zero-order valence-corrected chi connectivity index (χ0v) is 17.6. The Bertz CT molecular complexity index is 553. The van der Waals surface area contributed by atoms with Crippen LogP contribution in [-0.4, -0.2) is 35.9 Å². The van der Waals surface area contributed by atoms with E-state index in [0.29, 0.717) is 19.9 Å². The van der Waals surface area contributed by atoms with Gasteiger partial charge in [0.15, 0.2) is 0 Å². The minimum Gasteiger partial charge on any atom is -0.274 e. The Kier molecular flexibility index (Phi) is 10.9. The first-order valence-electron chi connectivity index (χ1n) is 8.70. The fourth-order valence-electron chi connectivity index (χ4n) is 2.01. The minimum atomic E-state index is -5.57. The molecule has 0 aliphatic heterocycles. The van der Waals surface area contributed by atoms with Crippen LogP contribution in [0.2, 0.25) is 0 Å². The molecule has 0 atom stereocenters. The number of hydrogen-bond donors (Lipinski definition) is 0. The van der Waals surface area contributed by atoms with Crippen molar-refractivity contribution in [2.24, 2.45) is 0 Å². The van der Waals surface area contributed by atoms with Crippen LogP contribution >= 0.6 is 11.8 Å². The number of rotatable bonds is 11. The maximum absolute atomic E-state index is 12.4. The molecule has 9 heteroatoms. The third-order valence-electron chi connectivity index (χ3n) is 3.53. The number of allylic oxidation sites excluding steroid dienone is 1. The Morgan fingerprint density at radius 1 is 1.00 bits per heavy atom. The molecule has 0 aromatic rings. The van der Waals surface area contributed by atoms with Gasteiger partial charge in [-0.3, -0.25) is 4.79 Å². The Hall–Kier alpha value is -0.700. The summed E-state index contributed by atoms with van der Waals surface area (Å²) >= 11 is 1.79. The van der Waals surface area contributed by atoms with Gasteiger partial charge < -0.3 is 0 Å². The lowest BCUT2D eigenvalue weighted by Gasteiger charge is -2.18. The van der Waals surface area contributed by atoms with Gasteiger partial charge in [-0.25, -0.2) is 4.31 Å². The minimum absolute atomic E-state index is 0.196. The molecule has 0 aromatic heterocycles. The second-order valence-electron chi connectivity index (χ2n) is 7.07. The molecule has 0 saturated heterocycles. The molecular formula is C17H30F3NO3S2. The topological polar surface area (TPSA) is 54.5 Å². The summed E-state index contributed by atoms with van der Waals surface area (Å²) in [6, 6.07) is 0. The molecular weight excluding hydrogens is 387 g/mol. The first-order valence-corrected chi connectivity index (χ1v) is 11.0. The average Bonchev–Trinajstić information content (AvgIpc) is 2.49. The number of carbonyl (C=O) groups is 1. The summed E-state index contributed by atoms with van der Waals surface area (Å²) in [4.78, 5) is 11.6. The quantitative estimate of drug-likeness (QED) is 0.419. The van der Waals surface area contributed by atoms with Gasteiger partial charge in [-0.15, -0.1) is 11.8 Å². The summed E-state index contributed by atoms with van der Waals surface area (Å²) in [7, 11) is -4.92. The second kappa shape index (κ2) is 11.2. The first-order chi connectivity index (χ1) is 11.8. The van der Waals surface area contributed by atoms with Gasteiger partial charge in [-0.05, 0) is 24.7 Å². The van der Waals surface area contributed by atoms with Gasteiger partial charge in [0.25, 0.3) is 0 Å². The number of unbranched alkanes of at least 4 members (excludes halogenated alkanes) is 6. The van der Waals surface area contributed by atoms with Crippen LogP contribution in [-0.2, 0) is 14.8 Å². The molecule has 0 aliphatic rings. The highest BCUT2D eigenvalue weighted by atomic mass is 32.2. The van der Waals surface area contributed by atoms with Crippen LogP contribution in [0.15, 0.2) is 11.5 Å². The lowest BCUT2D eigenvalue weighted by Crippen LogP contribution is -2.41. The monoisotopic (exact) mass is 417 g/mol. The number of halogens is 3. The highest BCUT2D eigenvalue weighted by molar-refractivity contribution is 8.03. The van der Waals surface area contributed by atoms with Gasteiger partial charge in [0.1, 0.15) is 0 Å². The zero-order chi connectivity index (χ0) is 20.4. The van der Waals surface area contributed by atoms with Gasteiger partial charge in [-0.1, -0.05) is 52.5 Å². The fourth-order valence-corrected chi connectivity index (χ4v) is 3.32. The Morgan fingerprint density at radius 3 is 2.00 bits per heavy atom. The lowest BCUT2D eigenvalue weighted by molar-refractivity contribution is -0.127. The van der Waals surface area contributed by atoms with Crippen LogP contribution in [0.1, 0.15) is 72.1 Å². The molecule has 0 bridgehead atoms. The molecule has 0 aliphatic carbocycles. The van der Waals surface area contributed by atoms with E-state index in [1.807, 2.05) is 0 Å². The van der Waals surface area contributed by atoms with Crippen molar-refractivity contribution in [1.29, 1.82) is 0 Å². The van der Waals surface area contributed by atoms with Crippen molar-refractivity contribution in [3.05, 3.63) is 11.5 Å². The summed E-state index contributed by atoms with van der Waals surface area (Å²) in [5.74, 6) is -1.02. The third kappa shape index (κ3) is 10.4. The number of thioether (sulfide) groups is 1. The molecule has 0 unspecified atom stereocenters. The van der Waals surface area contributed by atoms with Crippen molar-refractivity contribution in [2.75, 3.05) is 7.05 Å². The summed E-state index contributed by atoms with van der Waals surface area (Å²) in [6.07, 6.45) is 8.06. The van der Waals surface area contributed by atoms with E-state index in [1.165, 1.54) is 0 Å². The molecule has 0 saturated carbocycles. The zero-order valence-electron chi connectivity index (χ0n) is 15.9. The second-order valence-corrected chi connectivity index (χ2v) is 10.8. The molecule has 4 nitrogen and oxygen atoms in total. The van der Waals surface area contributed by atoms with E-state index in [-0.39, 0.29) is 15.5 Å². The smallest absolute Gasteiger partial charge is 0.274 e. The van der Waals surface area contributed by atoms with Crippen LogP contribution in [0.4, 0.5) is 13.2 Å². The van der Waals surface area contributed by atoms with Gasteiger partial charge in [0.2, 0.25) is 5.91 Å². The van der Waals surface area contributed by atoms with Crippen LogP contribution in [0, 0.1) is 0 Å². The molecule has 1 amide bonds. The number of nitrogens with zero attached hydrogens (tertiary/aromatic N) is 1. The number of alkyl halides is 3. The van der Waals surface area contributed by atoms with Gasteiger partial charge in [0, 0.05) is 18.2 Å². The van der Waals surface area contributed by atoms with Crippen LogP contribution in [0.3, 0.4) is 0 Å². The largest absolute Gasteiger partial charge is 0.516 e. The van der Waals surface area contributed by atoms with E-state index in [4.69, 9.17) is 0 Å². The first kappa shape index (κ1) is 25.3. The Labute approximate surface area is 159 Å². The molecule has 26 heavy (non-hydrogen) atoms. The number of hydrogen-bond acceptors (Lipinski definition) is 4. The van der Waals surface area contributed by atoms with E-state index in [2.05, 4.69) is 32.3 Å². The molecule has 154 valence electrons. The van der Waals surface area contributed by atoms with Gasteiger partial charge in [-0.2, -0.15) is 21.6 Å². The Morgan fingerprint density at radius 2 is 1.50 bits per heavy atom. The highest BCUT2D eigenvalue weighted by Crippen LogP contribution is 2.26. The normalized spacial score (nSPS) is 13.3. The molecule has 0 radical (unpaired) electrons. The summed E-state index contributed by atoms with van der Waals surface area (Å²) in [5.41, 5.74) is -5.45. The van der Waals surface area contributed by atoms with Crippen molar-refractivity contribution >= 4 is 27.7 Å². The standard InChI is InChI=1S/C17H30F3NO3S2/c1-16(2,3)25-14-12-10-8-6-5-7-9-11-13-15(22)21(4)26(23,24)17(18,19)20/h12,14H,5-11,13H2,1-4H3/b14-12+. The van der Waals surface area contributed by atoms with E-state index in [0.717, 1.165) is 32.1 Å². The average molecular weight is 418 g/mol. The number of sulfonamides is 1.